The molecule has 0 aliphatic carbocycles. The zero-order chi connectivity index (χ0) is 15.4. The van der Waals surface area contributed by atoms with E-state index in [0.717, 1.165) is 11.1 Å². The lowest BCUT2D eigenvalue weighted by atomic mass is 10.1. The molecule has 1 aliphatic heterocycles. The first kappa shape index (κ1) is 16.0. The van der Waals surface area contributed by atoms with Crippen molar-refractivity contribution in [1.29, 1.82) is 0 Å². The van der Waals surface area contributed by atoms with Crippen LogP contribution in [0.25, 0.3) is 5.57 Å². The van der Waals surface area contributed by atoms with E-state index < -0.39 is 12.0 Å². The number of rotatable bonds is 5. The molecule has 0 saturated heterocycles. The van der Waals surface area contributed by atoms with Gasteiger partial charge in [0.1, 0.15) is 6.04 Å². The fourth-order valence-electron chi connectivity index (χ4n) is 2.31. The minimum atomic E-state index is -1.01. The molecule has 0 spiro atoms. The van der Waals surface area contributed by atoms with Gasteiger partial charge in [-0.1, -0.05) is 30.3 Å². The fraction of sp³-hybridized carbons (Fsp3) is 0.333. The number of thioether (sulfide) groups is 1. The molecule has 0 bridgehead atoms. The van der Waals surface area contributed by atoms with Crippen LogP contribution < -0.4 is 0 Å². The molecule has 0 radical (unpaired) electrons. The number of aliphatic carboxylic acids is 1. The molecular weight excluding hydrogens is 306 g/mol. The number of carbonyl (C=O) groups is 2. The molecule has 0 fully saturated rings. The highest BCUT2D eigenvalue weighted by atomic mass is 32.2. The van der Waals surface area contributed by atoms with E-state index in [-0.39, 0.29) is 11.2 Å². The average Bonchev–Trinajstić information content (AvgIpc) is 2.94. The number of thiol groups is 1. The van der Waals surface area contributed by atoms with Gasteiger partial charge in [-0.2, -0.15) is 24.4 Å². The van der Waals surface area contributed by atoms with Crippen molar-refractivity contribution < 1.29 is 14.7 Å². The smallest absolute Gasteiger partial charge is 0.330 e. The van der Waals surface area contributed by atoms with Crippen LogP contribution in [-0.2, 0) is 9.59 Å². The van der Waals surface area contributed by atoms with Crippen molar-refractivity contribution in [3.63, 3.8) is 0 Å². The molecule has 1 aliphatic rings. The summed E-state index contributed by atoms with van der Waals surface area (Å²) in [5.41, 5.74) is 1.82. The Kier molecular flexibility index (Phi) is 5.36. The minimum Gasteiger partial charge on any atom is -0.479 e. The molecule has 112 valence electrons. The highest BCUT2D eigenvalue weighted by molar-refractivity contribution is 8.00. The molecule has 2 rings (SSSR count). The largest absolute Gasteiger partial charge is 0.479 e. The predicted molar refractivity (Wildman–Crippen MR) is 88.7 cm³/mol. The Morgan fingerprint density at radius 2 is 2.10 bits per heavy atom. The van der Waals surface area contributed by atoms with Crippen LogP contribution in [-0.4, -0.2) is 51.7 Å². The first-order valence-electron chi connectivity index (χ1n) is 6.51. The number of hydrogen-bond acceptors (Lipinski definition) is 4. The lowest BCUT2D eigenvalue weighted by Crippen LogP contribution is -2.45. The van der Waals surface area contributed by atoms with Gasteiger partial charge in [0.05, 0.1) is 5.25 Å². The predicted octanol–water partition coefficient (Wildman–Crippen LogP) is 2.03. The van der Waals surface area contributed by atoms with E-state index in [2.05, 4.69) is 12.6 Å². The van der Waals surface area contributed by atoms with Gasteiger partial charge in [-0.15, -0.1) is 0 Å². The number of amides is 1. The van der Waals surface area contributed by atoms with Gasteiger partial charge in [0.15, 0.2) is 0 Å². The number of carboxylic acid groups (broad SMARTS) is 1. The van der Waals surface area contributed by atoms with Crippen LogP contribution in [0.3, 0.4) is 0 Å². The molecular formula is C15H17NO3S2. The number of hydrogen-bond donors (Lipinski definition) is 2. The Morgan fingerprint density at radius 3 is 2.62 bits per heavy atom. The van der Waals surface area contributed by atoms with Crippen LogP contribution in [0.2, 0.25) is 0 Å². The maximum atomic E-state index is 12.5. The quantitative estimate of drug-likeness (QED) is 0.814. The van der Waals surface area contributed by atoms with Gasteiger partial charge in [-0.25, -0.2) is 4.79 Å². The van der Waals surface area contributed by atoms with Crippen molar-refractivity contribution in [3.8, 4) is 0 Å². The maximum absolute atomic E-state index is 12.5. The average molecular weight is 323 g/mol. The summed E-state index contributed by atoms with van der Waals surface area (Å²) in [7, 11) is 0. The normalized spacial score (nSPS) is 19.2. The van der Waals surface area contributed by atoms with E-state index in [1.807, 2.05) is 36.6 Å². The fourth-order valence-corrected chi connectivity index (χ4v) is 3.40. The lowest BCUT2D eigenvalue weighted by molar-refractivity contribution is -0.146. The number of carbonyl (C=O) groups excluding carboxylic acids is 1. The second-order valence-electron chi connectivity index (χ2n) is 4.71. The van der Waals surface area contributed by atoms with Crippen LogP contribution in [0.4, 0.5) is 0 Å². The topological polar surface area (TPSA) is 57.6 Å². The summed E-state index contributed by atoms with van der Waals surface area (Å²) in [6.45, 7) is 0.324. The molecule has 1 amide bonds. The van der Waals surface area contributed by atoms with E-state index in [0.29, 0.717) is 12.3 Å². The monoisotopic (exact) mass is 323 g/mol. The number of benzene rings is 1. The van der Waals surface area contributed by atoms with E-state index >= 15 is 0 Å². The summed E-state index contributed by atoms with van der Waals surface area (Å²) in [5, 5.41) is 9.04. The molecule has 6 heteroatoms. The third-order valence-electron chi connectivity index (χ3n) is 3.44. The second kappa shape index (κ2) is 7.04. The zero-order valence-electron chi connectivity index (χ0n) is 11.6. The summed E-state index contributed by atoms with van der Waals surface area (Å²) >= 11 is 5.56. The van der Waals surface area contributed by atoms with Crippen LogP contribution in [0.15, 0.2) is 36.4 Å². The van der Waals surface area contributed by atoms with Crippen molar-refractivity contribution in [2.24, 2.45) is 0 Å². The van der Waals surface area contributed by atoms with Crippen molar-refractivity contribution >= 4 is 41.8 Å². The highest BCUT2D eigenvalue weighted by Gasteiger charge is 2.36. The Hall–Kier alpha value is -1.40. The summed E-state index contributed by atoms with van der Waals surface area (Å²) in [6.07, 6.45) is 3.49. The van der Waals surface area contributed by atoms with Crippen LogP contribution in [0.5, 0.6) is 0 Å². The third kappa shape index (κ3) is 3.44. The summed E-state index contributed by atoms with van der Waals surface area (Å²) < 4.78 is 0. The SMILES string of the molecule is CS[C@H](CS)C(=O)N1CC(c2ccccc2)=CC1C(=O)O. The van der Waals surface area contributed by atoms with Crippen molar-refractivity contribution in [1.82, 2.24) is 4.90 Å². The highest BCUT2D eigenvalue weighted by Crippen LogP contribution is 2.27. The van der Waals surface area contributed by atoms with Crippen LogP contribution in [0.1, 0.15) is 5.56 Å². The summed E-state index contributed by atoms with van der Waals surface area (Å²) in [6, 6.07) is 8.64. The minimum absolute atomic E-state index is 0.174. The van der Waals surface area contributed by atoms with Gasteiger partial charge >= 0.3 is 5.97 Å². The van der Waals surface area contributed by atoms with Gasteiger partial charge in [0.2, 0.25) is 5.91 Å². The van der Waals surface area contributed by atoms with Crippen molar-refractivity contribution in [2.75, 3.05) is 18.6 Å². The van der Waals surface area contributed by atoms with Gasteiger partial charge in [-0.3, -0.25) is 4.79 Å². The lowest BCUT2D eigenvalue weighted by Gasteiger charge is -2.25. The molecule has 0 aromatic heterocycles. The zero-order valence-corrected chi connectivity index (χ0v) is 13.3. The first-order valence-corrected chi connectivity index (χ1v) is 8.43. The molecule has 1 heterocycles. The standard InChI is InChI=1S/C15H17NO3S2/c1-21-13(9-20)14(17)16-8-11(7-12(16)15(18)19)10-5-3-2-4-6-10/h2-7,12-13,20H,8-9H2,1H3,(H,18,19)/t12?,13-/m1/s1. The Bertz CT molecular complexity index is 555. The molecule has 1 unspecified atom stereocenters. The Morgan fingerprint density at radius 1 is 1.43 bits per heavy atom. The van der Waals surface area contributed by atoms with Gasteiger partial charge in [0, 0.05) is 12.3 Å². The van der Waals surface area contributed by atoms with Crippen molar-refractivity contribution in [3.05, 3.63) is 42.0 Å². The molecule has 2 atom stereocenters. The Labute approximate surface area is 133 Å². The van der Waals surface area contributed by atoms with E-state index in [1.54, 1.807) is 6.08 Å². The van der Waals surface area contributed by atoms with Gasteiger partial charge in [-0.05, 0) is 23.5 Å². The van der Waals surface area contributed by atoms with E-state index in [4.69, 9.17) is 0 Å². The van der Waals surface area contributed by atoms with Crippen LogP contribution in [0, 0.1) is 0 Å². The van der Waals surface area contributed by atoms with E-state index in [1.165, 1.54) is 16.7 Å². The van der Waals surface area contributed by atoms with Crippen molar-refractivity contribution in [2.45, 2.75) is 11.3 Å². The number of nitrogens with zero attached hydrogens (tertiary/aromatic N) is 1. The van der Waals surface area contributed by atoms with Gasteiger partial charge in [0.25, 0.3) is 0 Å². The molecule has 4 nitrogen and oxygen atoms in total. The molecule has 21 heavy (non-hydrogen) atoms. The summed E-state index contributed by atoms with van der Waals surface area (Å²) in [4.78, 5) is 25.3. The molecule has 1 aromatic rings. The molecule has 1 aromatic carbocycles. The third-order valence-corrected chi connectivity index (χ3v) is 4.99. The maximum Gasteiger partial charge on any atom is 0.330 e. The second-order valence-corrected chi connectivity index (χ2v) is 6.12. The molecule has 1 N–H and O–H groups in total. The Balaban J connectivity index is 2.26. The number of carboxylic acids is 1. The molecule has 0 saturated carbocycles. The first-order chi connectivity index (χ1) is 10.1. The van der Waals surface area contributed by atoms with Crippen LogP contribution >= 0.6 is 24.4 Å². The summed E-state index contributed by atoms with van der Waals surface area (Å²) in [5.74, 6) is -0.788. The van der Waals surface area contributed by atoms with Gasteiger partial charge < -0.3 is 10.0 Å². The van der Waals surface area contributed by atoms with E-state index in [9.17, 15) is 14.7 Å².